The van der Waals surface area contributed by atoms with Crippen molar-refractivity contribution in [2.75, 3.05) is 13.1 Å². The lowest BCUT2D eigenvalue weighted by Crippen LogP contribution is -2.44. The summed E-state index contributed by atoms with van der Waals surface area (Å²) in [7, 11) is 0. The van der Waals surface area contributed by atoms with E-state index in [-0.39, 0.29) is 17.5 Å². The Morgan fingerprint density at radius 3 is 2.58 bits per heavy atom. The highest BCUT2D eigenvalue weighted by atomic mass is 16.2. The van der Waals surface area contributed by atoms with E-state index in [2.05, 4.69) is 28.9 Å². The van der Waals surface area contributed by atoms with E-state index in [1.165, 1.54) is 37.7 Å². The summed E-state index contributed by atoms with van der Waals surface area (Å²) < 4.78 is 0. The molecule has 1 saturated carbocycles. The van der Waals surface area contributed by atoms with Crippen LogP contribution in [0.4, 0.5) is 0 Å². The van der Waals surface area contributed by atoms with Crippen molar-refractivity contribution in [2.45, 2.75) is 89.8 Å². The Morgan fingerprint density at radius 1 is 1.03 bits per heavy atom. The van der Waals surface area contributed by atoms with Crippen molar-refractivity contribution < 1.29 is 4.79 Å². The van der Waals surface area contributed by atoms with Crippen LogP contribution in [-0.2, 0) is 24.2 Å². The molecule has 0 bridgehead atoms. The van der Waals surface area contributed by atoms with Crippen LogP contribution in [0.1, 0.15) is 85.6 Å². The van der Waals surface area contributed by atoms with E-state index in [1.54, 1.807) is 0 Å². The molecular formula is C27H36N4O2. The van der Waals surface area contributed by atoms with Gasteiger partial charge in [-0.2, -0.15) is 0 Å². The van der Waals surface area contributed by atoms with Crippen LogP contribution >= 0.6 is 0 Å². The summed E-state index contributed by atoms with van der Waals surface area (Å²) in [5.41, 5.74) is 4.00. The van der Waals surface area contributed by atoms with Crippen LogP contribution in [0.25, 0.3) is 0 Å². The number of carbonyl (C=O) groups excluding carboxylic acids is 1. The van der Waals surface area contributed by atoms with E-state index < -0.39 is 0 Å². The smallest absolute Gasteiger partial charge is 0.254 e. The third-order valence-corrected chi connectivity index (χ3v) is 7.83. The van der Waals surface area contributed by atoms with Gasteiger partial charge >= 0.3 is 0 Å². The molecular weight excluding hydrogens is 412 g/mol. The number of hydrogen-bond acceptors (Lipinski definition) is 4. The molecule has 1 atom stereocenters. The maximum atomic E-state index is 13.3. The number of carbonyl (C=O) groups is 1. The molecule has 1 aromatic carbocycles. The lowest BCUT2D eigenvalue weighted by Gasteiger charge is -2.38. The van der Waals surface area contributed by atoms with Crippen molar-refractivity contribution in [1.29, 1.82) is 0 Å². The number of benzene rings is 1. The number of hydrogen-bond donors (Lipinski definition) is 1. The van der Waals surface area contributed by atoms with Gasteiger partial charge < -0.3 is 9.88 Å². The Labute approximate surface area is 196 Å². The van der Waals surface area contributed by atoms with Crippen LogP contribution in [0.3, 0.4) is 0 Å². The van der Waals surface area contributed by atoms with Gasteiger partial charge in [0.15, 0.2) is 0 Å². The average molecular weight is 449 g/mol. The van der Waals surface area contributed by atoms with E-state index in [0.717, 1.165) is 62.1 Å². The molecule has 3 aliphatic rings. The Bertz CT molecular complexity index is 1040. The van der Waals surface area contributed by atoms with Crippen LogP contribution in [0, 0.1) is 6.92 Å². The SMILES string of the molecule is Cc1ccc(CC(=O)N2CCCCC2c2nc3c(c(=O)[nH]2)CCN(C2CCCCC2)C3)cc1. The summed E-state index contributed by atoms with van der Waals surface area (Å²) >= 11 is 0. The molecule has 1 N–H and O–H groups in total. The molecule has 0 spiro atoms. The quantitative estimate of drug-likeness (QED) is 0.766. The lowest BCUT2D eigenvalue weighted by molar-refractivity contribution is -0.134. The Hall–Kier alpha value is -2.47. The molecule has 33 heavy (non-hydrogen) atoms. The van der Waals surface area contributed by atoms with Gasteiger partial charge in [-0.05, 0) is 51.0 Å². The zero-order chi connectivity index (χ0) is 22.8. The first kappa shape index (κ1) is 22.3. The minimum absolute atomic E-state index is 0.00481. The summed E-state index contributed by atoms with van der Waals surface area (Å²) in [4.78, 5) is 38.8. The van der Waals surface area contributed by atoms with Gasteiger partial charge in [0.2, 0.25) is 5.91 Å². The summed E-state index contributed by atoms with van der Waals surface area (Å²) in [6.07, 6.45) is 10.5. The highest BCUT2D eigenvalue weighted by Crippen LogP contribution is 2.31. The second-order valence-electron chi connectivity index (χ2n) is 10.1. The number of piperidine rings is 1. The molecule has 1 unspecified atom stereocenters. The summed E-state index contributed by atoms with van der Waals surface area (Å²) in [6.45, 7) is 4.50. The van der Waals surface area contributed by atoms with Crippen molar-refractivity contribution in [3.63, 3.8) is 0 Å². The van der Waals surface area contributed by atoms with E-state index >= 15 is 0 Å². The molecule has 3 heterocycles. The topological polar surface area (TPSA) is 69.3 Å². The standard InChI is InChI=1S/C27H36N4O2/c1-19-10-12-20(13-11-19)17-25(32)31-15-6-5-9-24(31)26-28-23-18-30(21-7-3-2-4-8-21)16-14-22(23)27(33)29-26/h10-13,21,24H,2-9,14-18H2,1H3,(H,28,29,33). The fourth-order valence-electron chi connectivity index (χ4n) is 5.89. The number of aromatic nitrogens is 2. The molecule has 1 amide bonds. The Morgan fingerprint density at radius 2 is 1.79 bits per heavy atom. The Balaban J connectivity index is 1.37. The molecule has 6 nitrogen and oxygen atoms in total. The normalized spacial score (nSPS) is 22.2. The van der Waals surface area contributed by atoms with Crippen LogP contribution in [0.2, 0.25) is 0 Å². The van der Waals surface area contributed by atoms with Gasteiger partial charge in [0.25, 0.3) is 5.56 Å². The van der Waals surface area contributed by atoms with Gasteiger partial charge in [-0.25, -0.2) is 4.98 Å². The van der Waals surface area contributed by atoms with Crippen LogP contribution in [0.5, 0.6) is 0 Å². The molecule has 5 rings (SSSR count). The third-order valence-electron chi connectivity index (χ3n) is 7.83. The first-order valence-corrected chi connectivity index (χ1v) is 12.8. The molecule has 2 fully saturated rings. The third kappa shape index (κ3) is 4.91. The van der Waals surface area contributed by atoms with Crippen LogP contribution in [0.15, 0.2) is 29.1 Å². The minimum Gasteiger partial charge on any atom is -0.332 e. The first-order valence-electron chi connectivity index (χ1n) is 12.8. The first-order chi connectivity index (χ1) is 16.1. The molecule has 2 aromatic rings. The van der Waals surface area contributed by atoms with E-state index in [1.807, 2.05) is 17.0 Å². The maximum absolute atomic E-state index is 13.3. The van der Waals surface area contributed by atoms with Crippen molar-refractivity contribution in [3.05, 3.63) is 62.8 Å². The fourth-order valence-corrected chi connectivity index (χ4v) is 5.89. The number of nitrogens with one attached hydrogen (secondary N) is 1. The Kier molecular flexibility index (Phi) is 6.63. The summed E-state index contributed by atoms with van der Waals surface area (Å²) in [5.74, 6) is 0.800. The molecule has 1 aliphatic carbocycles. The van der Waals surface area contributed by atoms with E-state index in [0.29, 0.717) is 18.3 Å². The second kappa shape index (κ2) is 9.80. The number of amides is 1. The summed E-state index contributed by atoms with van der Waals surface area (Å²) in [5, 5.41) is 0. The minimum atomic E-state index is -0.139. The van der Waals surface area contributed by atoms with Crippen LogP contribution in [-0.4, -0.2) is 44.8 Å². The number of likely N-dealkylation sites (tertiary alicyclic amines) is 1. The number of rotatable bonds is 4. The van der Waals surface area contributed by atoms with E-state index in [9.17, 15) is 9.59 Å². The van der Waals surface area contributed by atoms with Gasteiger partial charge in [-0.3, -0.25) is 14.5 Å². The number of fused-ring (bicyclic) bond motifs is 1. The van der Waals surface area contributed by atoms with Crippen LogP contribution < -0.4 is 5.56 Å². The van der Waals surface area contributed by atoms with Crippen molar-refractivity contribution in [2.24, 2.45) is 0 Å². The predicted molar refractivity (Wildman–Crippen MR) is 129 cm³/mol. The number of aryl methyl sites for hydroxylation is 1. The zero-order valence-electron chi connectivity index (χ0n) is 19.8. The van der Waals surface area contributed by atoms with Crippen molar-refractivity contribution in [3.8, 4) is 0 Å². The highest BCUT2D eigenvalue weighted by Gasteiger charge is 2.32. The molecule has 0 radical (unpaired) electrons. The highest BCUT2D eigenvalue weighted by molar-refractivity contribution is 5.79. The van der Waals surface area contributed by atoms with Gasteiger partial charge in [-0.1, -0.05) is 49.1 Å². The predicted octanol–water partition coefficient (Wildman–Crippen LogP) is 4.07. The largest absolute Gasteiger partial charge is 0.332 e. The fraction of sp³-hybridized carbons (Fsp3) is 0.593. The number of aromatic amines is 1. The molecule has 176 valence electrons. The second-order valence-corrected chi connectivity index (χ2v) is 10.1. The molecule has 2 aliphatic heterocycles. The summed E-state index contributed by atoms with van der Waals surface area (Å²) in [6, 6.07) is 8.66. The number of nitrogens with zero attached hydrogens (tertiary/aromatic N) is 3. The van der Waals surface area contributed by atoms with Gasteiger partial charge in [-0.15, -0.1) is 0 Å². The number of H-pyrrole nitrogens is 1. The lowest BCUT2D eigenvalue weighted by atomic mass is 9.92. The van der Waals surface area contributed by atoms with Gasteiger partial charge in [0.1, 0.15) is 5.82 Å². The van der Waals surface area contributed by atoms with E-state index in [4.69, 9.17) is 4.98 Å². The molecule has 6 heteroatoms. The van der Waals surface area contributed by atoms with Gasteiger partial charge in [0, 0.05) is 31.2 Å². The maximum Gasteiger partial charge on any atom is 0.254 e. The molecule has 1 saturated heterocycles. The zero-order valence-corrected chi connectivity index (χ0v) is 19.8. The van der Waals surface area contributed by atoms with Crippen molar-refractivity contribution in [1.82, 2.24) is 19.8 Å². The van der Waals surface area contributed by atoms with Gasteiger partial charge in [0.05, 0.1) is 18.2 Å². The average Bonchev–Trinajstić information content (AvgIpc) is 2.85. The molecule has 1 aromatic heterocycles. The van der Waals surface area contributed by atoms with Crippen molar-refractivity contribution >= 4 is 5.91 Å². The monoisotopic (exact) mass is 448 g/mol.